The molecule has 0 aromatic carbocycles. The Bertz CT molecular complexity index is 241. The van der Waals surface area contributed by atoms with E-state index in [2.05, 4.69) is 18.7 Å². The van der Waals surface area contributed by atoms with Crippen molar-refractivity contribution in [2.24, 2.45) is 5.41 Å². The van der Waals surface area contributed by atoms with Gasteiger partial charge in [-0.15, -0.1) is 0 Å². The Hall–Kier alpha value is -0.610. The number of hydrogen-bond acceptors (Lipinski definition) is 3. The standard InChI is InChI=1S/C11H22N2O2/c1-5-13-8-11(2,3)7-12(4)10(15)9(13)6-14/h9,14H,5-8H2,1-4H3. The summed E-state index contributed by atoms with van der Waals surface area (Å²) in [5.74, 6) is 0.0323. The van der Waals surface area contributed by atoms with Crippen LogP contribution in [0.5, 0.6) is 0 Å². The fraction of sp³-hybridized carbons (Fsp3) is 0.909. The molecule has 0 saturated carbocycles. The largest absolute Gasteiger partial charge is 0.394 e. The van der Waals surface area contributed by atoms with Crippen LogP contribution >= 0.6 is 0 Å². The van der Waals surface area contributed by atoms with Crippen LogP contribution in [-0.4, -0.2) is 60.1 Å². The van der Waals surface area contributed by atoms with Crippen LogP contribution in [-0.2, 0) is 4.79 Å². The van der Waals surface area contributed by atoms with E-state index < -0.39 is 0 Å². The summed E-state index contributed by atoms with van der Waals surface area (Å²) in [6.45, 7) is 8.64. The van der Waals surface area contributed by atoms with Crippen LogP contribution in [0.15, 0.2) is 0 Å². The van der Waals surface area contributed by atoms with Gasteiger partial charge in [0.05, 0.1) is 6.61 Å². The van der Waals surface area contributed by atoms with E-state index in [-0.39, 0.29) is 24.0 Å². The summed E-state index contributed by atoms with van der Waals surface area (Å²) in [6, 6.07) is -0.359. The first-order valence-corrected chi connectivity index (χ1v) is 5.51. The SMILES string of the molecule is CCN1CC(C)(C)CN(C)C(=O)C1CO. The topological polar surface area (TPSA) is 43.8 Å². The lowest BCUT2D eigenvalue weighted by Gasteiger charge is -2.30. The summed E-state index contributed by atoms with van der Waals surface area (Å²) in [5, 5.41) is 9.29. The van der Waals surface area contributed by atoms with Gasteiger partial charge in [-0.3, -0.25) is 9.69 Å². The number of amides is 1. The van der Waals surface area contributed by atoms with Crippen LogP contribution in [0, 0.1) is 5.41 Å². The molecule has 88 valence electrons. The predicted molar refractivity (Wildman–Crippen MR) is 59.5 cm³/mol. The lowest BCUT2D eigenvalue weighted by Crippen LogP contribution is -2.47. The third-order valence-electron chi connectivity index (χ3n) is 2.98. The van der Waals surface area contributed by atoms with Gasteiger partial charge in [0.15, 0.2) is 0 Å². The van der Waals surface area contributed by atoms with Gasteiger partial charge in [-0.05, 0) is 12.0 Å². The van der Waals surface area contributed by atoms with Crippen LogP contribution in [0.3, 0.4) is 0 Å². The monoisotopic (exact) mass is 214 g/mol. The highest BCUT2D eigenvalue weighted by Gasteiger charge is 2.36. The lowest BCUT2D eigenvalue weighted by atomic mass is 9.92. The van der Waals surface area contributed by atoms with Gasteiger partial charge in [0, 0.05) is 20.1 Å². The van der Waals surface area contributed by atoms with E-state index in [1.807, 2.05) is 14.0 Å². The van der Waals surface area contributed by atoms with E-state index >= 15 is 0 Å². The minimum atomic E-state index is -0.359. The molecule has 0 radical (unpaired) electrons. The zero-order valence-electron chi connectivity index (χ0n) is 10.2. The van der Waals surface area contributed by atoms with Crippen LogP contribution < -0.4 is 0 Å². The Morgan fingerprint density at radius 3 is 2.53 bits per heavy atom. The van der Waals surface area contributed by atoms with Crippen molar-refractivity contribution in [2.45, 2.75) is 26.8 Å². The van der Waals surface area contributed by atoms with Crippen molar-refractivity contribution in [1.29, 1.82) is 0 Å². The van der Waals surface area contributed by atoms with Crippen LogP contribution in [0.4, 0.5) is 0 Å². The van der Waals surface area contributed by atoms with Gasteiger partial charge in [-0.2, -0.15) is 0 Å². The molecule has 15 heavy (non-hydrogen) atoms. The average Bonchev–Trinajstić information content (AvgIpc) is 2.22. The molecule has 1 atom stereocenters. The first-order valence-electron chi connectivity index (χ1n) is 5.51. The first-order chi connectivity index (χ1) is 6.91. The van der Waals surface area contributed by atoms with Crippen molar-refractivity contribution < 1.29 is 9.90 Å². The highest BCUT2D eigenvalue weighted by molar-refractivity contribution is 5.82. The Labute approximate surface area is 91.9 Å². The second kappa shape index (κ2) is 4.49. The number of likely N-dealkylation sites (N-methyl/N-ethyl adjacent to an activating group) is 2. The number of nitrogens with zero attached hydrogens (tertiary/aromatic N) is 2. The molecule has 1 N–H and O–H groups in total. The van der Waals surface area contributed by atoms with E-state index in [4.69, 9.17) is 0 Å². The molecular formula is C11H22N2O2. The maximum absolute atomic E-state index is 12.0. The van der Waals surface area contributed by atoms with Crippen molar-refractivity contribution >= 4 is 5.91 Å². The summed E-state index contributed by atoms with van der Waals surface area (Å²) in [4.78, 5) is 15.8. The normalized spacial score (nSPS) is 27.9. The van der Waals surface area contributed by atoms with E-state index in [1.54, 1.807) is 4.90 Å². The molecule has 0 aliphatic carbocycles. The first kappa shape index (κ1) is 12.5. The fourth-order valence-electron chi connectivity index (χ4n) is 2.37. The van der Waals surface area contributed by atoms with Crippen molar-refractivity contribution in [1.82, 2.24) is 9.80 Å². The minimum Gasteiger partial charge on any atom is -0.394 e. The van der Waals surface area contributed by atoms with Gasteiger partial charge < -0.3 is 10.0 Å². The van der Waals surface area contributed by atoms with E-state index in [0.29, 0.717) is 0 Å². The summed E-state index contributed by atoms with van der Waals surface area (Å²) in [7, 11) is 1.81. The Balaban J connectivity index is 2.93. The maximum Gasteiger partial charge on any atom is 0.242 e. The van der Waals surface area contributed by atoms with Gasteiger partial charge >= 0.3 is 0 Å². The van der Waals surface area contributed by atoms with Gasteiger partial charge in [0.25, 0.3) is 0 Å². The number of aliphatic hydroxyl groups excluding tert-OH is 1. The molecule has 4 heteroatoms. The highest BCUT2D eigenvalue weighted by atomic mass is 16.3. The number of hydrogen-bond donors (Lipinski definition) is 1. The van der Waals surface area contributed by atoms with Crippen LogP contribution in [0.1, 0.15) is 20.8 Å². The van der Waals surface area contributed by atoms with Gasteiger partial charge in [-0.1, -0.05) is 20.8 Å². The molecule has 0 aromatic rings. The molecule has 1 rings (SSSR count). The van der Waals surface area contributed by atoms with E-state index in [9.17, 15) is 9.90 Å². The van der Waals surface area contributed by atoms with Crippen molar-refractivity contribution in [3.8, 4) is 0 Å². The van der Waals surface area contributed by atoms with Gasteiger partial charge in [0.2, 0.25) is 5.91 Å². The highest BCUT2D eigenvalue weighted by Crippen LogP contribution is 2.24. The summed E-state index contributed by atoms with van der Waals surface area (Å²) in [6.07, 6.45) is 0. The average molecular weight is 214 g/mol. The number of rotatable bonds is 2. The third-order valence-corrected chi connectivity index (χ3v) is 2.98. The van der Waals surface area contributed by atoms with Crippen LogP contribution in [0.25, 0.3) is 0 Å². The molecule has 1 amide bonds. The molecular weight excluding hydrogens is 192 g/mol. The molecule has 0 spiro atoms. The second-order valence-corrected chi connectivity index (χ2v) is 5.12. The Morgan fingerprint density at radius 1 is 1.47 bits per heavy atom. The quantitative estimate of drug-likeness (QED) is 0.712. The fourth-order valence-corrected chi connectivity index (χ4v) is 2.37. The summed E-state index contributed by atoms with van der Waals surface area (Å²) >= 11 is 0. The van der Waals surface area contributed by atoms with Gasteiger partial charge in [-0.25, -0.2) is 0 Å². The number of carbonyl (C=O) groups is 1. The van der Waals surface area contributed by atoms with Crippen molar-refractivity contribution in [3.05, 3.63) is 0 Å². The molecule has 1 unspecified atom stereocenters. The number of aliphatic hydroxyl groups is 1. The summed E-state index contributed by atoms with van der Waals surface area (Å²) in [5.41, 5.74) is 0.0876. The van der Waals surface area contributed by atoms with Crippen molar-refractivity contribution in [3.63, 3.8) is 0 Å². The van der Waals surface area contributed by atoms with E-state index in [0.717, 1.165) is 19.6 Å². The van der Waals surface area contributed by atoms with Crippen LogP contribution in [0.2, 0.25) is 0 Å². The van der Waals surface area contributed by atoms with Crippen molar-refractivity contribution in [2.75, 3.05) is 33.3 Å². The molecule has 1 fully saturated rings. The molecule has 4 nitrogen and oxygen atoms in total. The lowest BCUT2D eigenvalue weighted by molar-refractivity contribution is -0.135. The van der Waals surface area contributed by atoms with Gasteiger partial charge in [0.1, 0.15) is 6.04 Å². The molecule has 1 aliphatic rings. The molecule has 1 aliphatic heterocycles. The zero-order chi connectivity index (χ0) is 11.6. The third kappa shape index (κ3) is 2.69. The minimum absolute atomic E-state index is 0.0323. The second-order valence-electron chi connectivity index (χ2n) is 5.12. The maximum atomic E-state index is 12.0. The number of carbonyl (C=O) groups excluding carboxylic acids is 1. The Kier molecular flexibility index (Phi) is 3.73. The molecule has 1 saturated heterocycles. The predicted octanol–water partition coefficient (Wildman–Crippen LogP) is 0.167. The zero-order valence-corrected chi connectivity index (χ0v) is 10.2. The smallest absolute Gasteiger partial charge is 0.242 e. The molecule has 1 heterocycles. The molecule has 0 bridgehead atoms. The Morgan fingerprint density at radius 2 is 2.07 bits per heavy atom. The molecule has 0 aromatic heterocycles. The van der Waals surface area contributed by atoms with E-state index in [1.165, 1.54) is 0 Å². The summed E-state index contributed by atoms with van der Waals surface area (Å²) < 4.78 is 0.